The number of hydrogen-bond donors (Lipinski definition) is 4. The van der Waals surface area contributed by atoms with Crippen molar-refractivity contribution in [2.45, 2.75) is 50.2 Å². The van der Waals surface area contributed by atoms with Crippen LogP contribution in [-0.4, -0.2) is 56.9 Å². The highest BCUT2D eigenvalue weighted by Crippen LogP contribution is 2.12. The quantitative estimate of drug-likeness (QED) is 0.397. The van der Waals surface area contributed by atoms with Gasteiger partial charge in [-0.3, -0.25) is 0 Å². The van der Waals surface area contributed by atoms with Crippen molar-refractivity contribution in [2.24, 2.45) is 5.92 Å². The smallest absolute Gasteiger partial charge is 0.408 e. The molecule has 2 aromatic rings. The fourth-order valence-corrected chi connectivity index (χ4v) is 4.25. The molecule has 0 aromatic heterocycles. The van der Waals surface area contributed by atoms with Crippen molar-refractivity contribution in [1.82, 2.24) is 15.4 Å². The van der Waals surface area contributed by atoms with Crippen molar-refractivity contribution >= 4 is 22.1 Å². The molecule has 0 bridgehead atoms. The number of rotatable bonds is 9. The Morgan fingerprint density at radius 1 is 1.11 bits per heavy atom. The van der Waals surface area contributed by atoms with Crippen molar-refractivity contribution in [3.8, 4) is 0 Å². The molecule has 0 aliphatic carbocycles. The van der Waals surface area contributed by atoms with Crippen molar-refractivity contribution in [3.05, 3.63) is 66.0 Å². The summed E-state index contributed by atoms with van der Waals surface area (Å²) in [5.41, 5.74) is -0.298. The van der Waals surface area contributed by atoms with Crippen LogP contribution in [0.3, 0.4) is 0 Å². The molecule has 0 radical (unpaired) electrons. The maximum absolute atomic E-state index is 13.5. The van der Waals surface area contributed by atoms with Crippen LogP contribution in [0.1, 0.15) is 32.8 Å². The van der Waals surface area contributed by atoms with E-state index in [9.17, 15) is 22.4 Å². The van der Waals surface area contributed by atoms with E-state index in [1.165, 1.54) is 6.07 Å². The molecule has 11 heteroatoms. The summed E-state index contributed by atoms with van der Waals surface area (Å²) in [5, 5.41) is 14.5. The normalized spacial score (nSPS) is 14.6. The van der Waals surface area contributed by atoms with E-state index in [4.69, 9.17) is 9.84 Å². The summed E-state index contributed by atoms with van der Waals surface area (Å²) in [7, 11) is -3.31. The van der Waals surface area contributed by atoms with Crippen molar-refractivity contribution in [2.75, 3.05) is 19.6 Å². The minimum absolute atomic E-state index is 0.0789. The molecule has 1 aliphatic heterocycles. The lowest BCUT2D eigenvalue weighted by molar-refractivity contribution is -0.139. The summed E-state index contributed by atoms with van der Waals surface area (Å²) in [6, 6.07) is 13.5. The minimum atomic E-state index is -3.31. The Kier molecular flexibility index (Phi) is 10.8. The van der Waals surface area contributed by atoms with Gasteiger partial charge in [0.1, 0.15) is 17.5 Å². The van der Waals surface area contributed by atoms with Gasteiger partial charge in [-0.05, 0) is 63.3 Å². The number of carboxylic acid groups (broad SMARTS) is 1. The van der Waals surface area contributed by atoms with Gasteiger partial charge < -0.3 is 20.5 Å². The molecule has 1 atom stereocenters. The number of aryl methyl sites for hydroxylation is 1. The Balaban J connectivity index is 0.000000267. The zero-order valence-electron chi connectivity index (χ0n) is 20.7. The van der Waals surface area contributed by atoms with Crippen LogP contribution >= 0.6 is 0 Å². The van der Waals surface area contributed by atoms with Crippen LogP contribution in [-0.2, 0) is 26.0 Å². The molecule has 1 fully saturated rings. The number of alkyl carbamates (subject to hydrolysis) is 1. The van der Waals surface area contributed by atoms with Gasteiger partial charge >= 0.3 is 12.1 Å². The molecule has 36 heavy (non-hydrogen) atoms. The largest absolute Gasteiger partial charge is 0.480 e. The average Bonchev–Trinajstić information content (AvgIpc) is 2.76. The zero-order valence-corrected chi connectivity index (χ0v) is 21.5. The maximum atomic E-state index is 13.5. The number of halogens is 1. The number of sulfonamides is 1. The molecule has 0 spiro atoms. The van der Waals surface area contributed by atoms with Crippen LogP contribution in [0.25, 0.3) is 0 Å². The van der Waals surface area contributed by atoms with E-state index in [0.717, 1.165) is 13.1 Å². The number of hydrogen-bond acceptors (Lipinski definition) is 6. The molecular weight excluding hydrogens is 489 g/mol. The molecule has 1 saturated heterocycles. The SMILES string of the molecule is CC(C)(C)OC(=O)NC(CCc1ccccc1F)C(=O)O.O=S(=O)(NCC1CNC1)c1ccccc1. The van der Waals surface area contributed by atoms with E-state index in [1.54, 1.807) is 69.3 Å². The number of nitrogens with one attached hydrogen (secondary N) is 3. The first-order chi connectivity index (χ1) is 16.9. The molecule has 198 valence electrons. The number of carbonyl (C=O) groups excluding carboxylic acids is 1. The topological polar surface area (TPSA) is 134 Å². The predicted molar refractivity (Wildman–Crippen MR) is 134 cm³/mol. The lowest BCUT2D eigenvalue weighted by atomic mass is 10.0. The maximum Gasteiger partial charge on any atom is 0.408 e. The van der Waals surface area contributed by atoms with Gasteiger partial charge in [-0.1, -0.05) is 36.4 Å². The predicted octanol–water partition coefficient (Wildman–Crippen LogP) is 2.92. The lowest BCUT2D eigenvalue weighted by Gasteiger charge is -2.26. The molecule has 1 aliphatic rings. The van der Waals surface area contributed by atoms with Gasteiger partial charge in [0, 0.05) is 19.6 Å². The van der Waals surface area contributed by atoms with Gasteiger partial charge in [0.15, 0.2) is 0 Å². The Morgan fingerprint density at radius 3 is 2.25 bits per heavy atom. The van der Waals surface area contributed by atoms with E-state index in [0.29, 0.717) is 22.9 Å². The summed E-state index contributed by atoms with van der Waals surface area (Å²) in [4.78, 5) is 23.1. The van der Waals surface area contributed by atoms with Crippen LogP contribution in [0.2, 0.25) is 0 Å². The highest BCUT2D eigenvalue weighted by molar-refractivity contribution is 7.89. The minimum Gasteiger partial charge on any atom is -0.480 e. The van der Waals surface area contributed by atoms with Gasteiger partial charge in [-0.15, -0.1) is 0 Å². The van der Waals surface area contributed by atoms with E-state index in [-0.39, 0.29) is 18.7 Å². The number of carbonyl (C=O) groups is 2. The summed E-state index contributed by atoms with van der Waals surface area (Å²) in [5.74, 6) is -1.14. The van der Waals surface area contributed by atoms with Crippen LogP contribution in [0.4, 0.5) is 9.18 Å². The fraction of sp³-hybridized carbons (Fsp3) is 0.440. The first-order valence-corrected chi connectivity index (χ1v) is 13.1. The monoisotopic (exact) mass is 523 g/mol. The van der Waals surface area contributed by atoms with Crippen LogP contribution < -0.4 is 15.4 Å². The number of ether oxygens (including phenoxy) is 1. The summed E-state index contributed by atoms with van der Waals surface area (Å²) >= 11 is 0. The third-order valence-corrected chi connectivity index (χ3v) is 6.57. The number of carboxylic acids is 1. The molecule has 9 nitrogen and oxygen atoms in total. The van der Waals surface area contributed by atoms with Crippen molar-refractivity contribution in [1.29, 1.82) is 0 Å². The van der Waals surface area contributed by atoms with E-state index in [2.05, 4.69) is 15.4 Å². The second-order valence-corrected chi connectivity index (χ2v) is 11.1. The van der Waals surface area contributed by atoms with E-state index < -0.39 is 33.7 Å². The molecular formula is C25H34FN3O6S. The second-order valence-electron chi connectivity index (χ2n) is 9.36. The number of amides is 1. The molecule has 1 unspecified atom stereocenters. The number of benzene rings is 2. The Morgan fingerprint density at radius 2 is 1.72 bits per heavy atom. The summed E-state index contributed by atoms with van der Waals surface area (Å²) in [6.07, 6.45) is -0.516. The van der Waals surface area contributed by atoms with Gasteiger partial charge in [0.2, 0.25) is 10.0 Å². The highest BCUT2D eigenvalue weighted by Gasteiger charge is 2.24. The van der Waals surface area contributed by atoms with E-state index >= 15 is 0 Å². The molecule has 3 rings (SSSR count). The average molecular weight is 524 g/mol. The van der Waals surface area contributed by atoms with Crippen LogP contribution in [0, 0.1) is 11.7 Å². The lowest BCUT2D eigenvalue weighted by Crippen LogP contribution is -2.48. The summed E-state index contributed by atoms with van der Waals surface area (Å²) in [6.45, 7) is 7.37. The molecule has 4 N–H and O–H groups in total. The number of aliphatic carboxylic acids is 1. The van der Waals surface area contributed by atoms with Crippen LogP contribution in [0.5, 0.6) is 0 Å². The molecule has 0 saturated carbocycles. The third-order valence-electron chi connectivity index (χ3n) is 5.13. The zero-order chi connectivity index (χ0) is 26.8. The standard InChI is InChI=1S/C15H20FNO4.C10H14N2O2S/c1-15(2,3)21-14(20)17-12(13(18)19)9-8-10-6-4-5-7-11(10)16;13-15(14,10-4-2-1-3-5-10)12-8-9-6-11-7-9/h4-7,12H,8-9H2,1-3H3,(H,17,20)(H,18,19);1-5,9,11-12H,6-8H2. The van der Waals surface area contributed by atoms with Crippen molar-refractivity contribution < 1.29 is 32.2 Å². The third kappa shape index (κ3) is 10.3. The first kappa shape index (κ1) is 29.2. The van der Waals surface area contributed by atoms with Gasteiger partial charge in [0.05, 0.1) is 4.90 Å². The Labute approximate surface area is 211 Å². The van der Waals surface area contributed by atoms with Gasteiger partial charge in [-0.2, -0.15) is 0 Å². The fourth-order valence-electron chi connectivity index (χ4n) is 3.11. The molecule has 1 amide bonds. The van der Waals surface area contributed by atoms with Gasteiger partial charge in [0.25, 0.3) is 0 Å². The molecule has 1 heterocycles. The van der Waals surface area contributed by atoms with Gasteiger partial charge in [-0.25, -0.2) is 27.1 Å². The van der Waals surface area contributed by atoms with Crippen LogP contribution in [0.15, 0.2) is 59.5 Å². The Bertz CT molecular complexity index is 1100. The highest BCUT2D eigenvalue weighted by atomic mass is 32.2. The first-order valence-electron chi connectivity index (χ1n) is 11.6. The van der Waals surface area contributed by atoms with Crippen molar-refractivity contribution in [3.63, 3.8) is 0 Å². The Hall–Kier alpha value is -3.02. The summed E-state index contributed by atoms with van der Waals surface area (Å²) < 4.78 is 44.6. The molecule has 2 aromatic carbocycles. The second kappa shape index (κ2) is 13.3. The van der Waals surface area contributed by atoms with E-state index in [1.807, 2.05) is 0 Å².